The topological polar surface area (TPSA) is 239 Å². The summed E-state index contributed by atoms with van der Waals surface area (Å²) >= 11 is 0. The van der Waals surface area contributed by atoms with Crippen LogP contribution in [0.15, 0.2) is 6.20 Å². The van der Waals surface area contributed by atoms with Crippen LogP contribution in [0.1, 0.15) is 25.0 Å². The van der Waals surface area contributed by atoms with Gasteiger partial charge in [-0.05, 0) is 0 Å². The van der Waals surface area contributed by atoms with Crippen LogP contribution in [0.3, 0.4) is 0 Å². The Morgan fingerprint density at radius 2 is 1.17 bits per heavy atom. The molecule has 2 heterocycles. The number of aliphatic hydroxyl groups is 3. The zero-order chi connectivity index (χ0) is 45.7. The highest BCUT2D eigenvalue weighted by Gasteiger charge is 2.36. The van der Waals surface area contributed by atoms with Crippen molar-refractivity contribution in [1.82, 2.24) is 20.3 Å². The first-order valence-corrected chi connectivity index (χ1v) is 20.3. The molecule has 1 aliphatic rings. The van der Waals surface area contributed by atoms with Gasteiger partial charge in [0.05, 0.1) is 144 Å². The van der Waals surface area contributed by atoms with Gasteiger partial charge in [0.1, 0.15) is 12.2 Å². The molecular formula is C38H57F5N4O16. The maximum Gasteiger partial charge on any atom is 0.313 e. The Kier molecular flexibility index (Phi) is 27.4. The minimum Gasteiger partial charge on any atom is -0.420 e. The Morgan fingerprint density at radius 3 is 1.73 bits per heavy atom. The van der Waals surface area contributed by atoms with Crippen molar-refractivity contribution < 1.29 is 99.0 Å². The Hall–Kier alpha value is -3.57. The van der Waals surface area contributed by atoms with Gasteiger partial charge in [0.25, 0.3) is 0 Å². The van der Waals surface area contributed by atoms with Crippen LogP contribution in [-0.2, 0) is 69.9 Å². The number of aliphatic hydroxyl groups excluding tert-OH is 3. The number of hydrogen-bond donors (Lipinski definition) is 4. The van der Waals surface area contributed by atoms with Crippen molar-refractivity contribution in [2.24, 2.45) is 0 Å². The van der Waals surface area contributed by atoms with Crippen LogP contribution in [0.2, 0.25) is 0 Å². The van der Waals surface area contributed by atoms with E-state index in [1.165, 1.54) is 0 Å². The molecule has 2 aromatic rings. The lowest BCUT2D eigenvalue weighted by Crippen LogP contribution is -2.50. The quantitative estimate of drug-likeness (QED) is 0.0176. The number of halogens is 5. The lowest BCUT2D eigenvalue weighted by atomic mass is 10.0. The average Bonchev–Trinajstić information content (AvgIpc) is 3.73. The van der Waals surface area contributed by atoms with E-state index in [9.17, 15) is 46.9 Å². The number of carbonyl (C=O) groups excluding carboxylic acids is 2. The summed E-state index contributed by atoms with van der Waals surface area (Å²) in [5, 5.41) is 39.7. The SMILES string of the molecule is O=C(CCOCCOCCC(=O)Oc1c(F)c(F)c(F)c(F)c1F)NCCOCCOCCOCCOCCOCCOCCn1cc(CCO[C@H]2C[C@@H](O)[C@@H](O)[C@@H](CO)O2)nn1. The molecule has 0 radical (unpaired) electrons. The van der Waals surface area contributed by atoms with E-state index in [2.05, 4.69) is 20.4 Å². The summed E-state index contributed by atoms with van der Waals surface area (Å²) in [6.45, 7) is 5.07. The van der Waals surface area contributed by atoms with Gasteiger partial charge in [-0.3, -0.25) is 9.59 Å². The van der Waals surface area contributed by atoms with E-state index in [-0.39, 0.29) is 64.9 Å². The molecule has 0 aliphatic carbocycles. The van der Waals surface area contributed by atoms with Gasteiger partial charge in [0.2, 0.25) is 40.7 Å². The molecule has 1 aromatic carbocycles. The maximum atomic E-state index is 13.6. The van der Waals surface area contributed by atoms with Crippen LogP contribution in [0.4, 0.5) is 22.0 Å². The molecule has 3 rings (SSSR count). The summed E-state index contributed by atoms with van der Waals surface area (Å²) in [7, 11) is 0. The second-order valence-corrected chi connectivity index (χ2v) is 13.3. The first kappa shape index (κ1) is 53.8. The Balaban J connectivity index is 0.983. The summed E-state index contributed by atoms with van der Waals surface area (Å²) in [6, 6.07) is 0. The van der Waals surface area contributed by atoms with Crippen molar-refractivity contribution in [3.63, 3.8) is 0 Å². The van der Waals surface area contributed by atoms with Crippen LogP contribution in [0, 0.1) is 29.1 Å². The minimum absolute atomic E-state index is 0.00296. The van der Waals surface area contributed by atoms with Crippen LogP contribution >= 0.6 is 0 Å². The molecule has 63 heavy (non-hydrogen) atoms. The van der Waals surface area contributed by atoms with Gasteiger partial charge in [-0.1, -0.05) is 5.21 Å². The van der Waals surface area contributed by atoms with Crippen molar-refractivity contribution in [3.05, 3.63) is 41.0 Å². The molecule has 0 bridgehead atoms. The Bertz CT molecular complexity index is 1560. The second kappa shape index (κ2) is 32.1. The summed E-state index contributed by atoms with van der Waals surface area (Å²) in [4.78, 5) is 23.6. The van der Waals surface area contributed by atoms with Crippen molar-refractivity contribution in [3.8, 4) is 5.75 Å². The molecule has 4 atom stereocenters. The van der Waals surface area contributed by atoms with Gasteiger partial charge in [-0.25, -0.2) is 17.9 Å². The normalized spacial score (nSPS) is 17.7. The van der Waals surface area contributed by atoms with E-state index < -0.39 is 78.4 Å². The van der Waals surface area contributed by atoms with Crippen LogP contribution in [0.5, 0.6) is 5.75 Å². The number of esters is 1. The summed E-state index contributed by atoms with van der Waals surface area (Å²) in [6.07, 6.45) is -1.91. The molecular weight excluding hydrogens is 863 g/mol. The maximum absolute atomic E-state index is 13.6. The third-order valence-electron chi connectivity index (χ3n) is 8.54. The van der Waals surface area contributed by atoms with Crippen LogP contribution < -0.4 is 10.1 Å². The van der Waals surface area contributed by atoms with Crippen LogP contribution in [-0.4, -0.2) is 192 Å². The molecule has 1 saturated heterocycles. The van der Waals surface area contributed by atoms with Crippen molar-refractivity contribution >= 4 is 11.9 Å². The predicted molar refractivity (Wildman–Crippen MR) is 203 cm³/mol. The molecule has 1 fully saturated rings. The van der Waals surface area contributed by atoms with Crippen LogP contribution in [0.25, 0.3) is 0 Å². The molecule has 1 aromatic heterocycles. The molecule has 1 amide bonds. The van der Waals surface area contributed by atoms with E-state index >= 15 is 0 Å². The van der Waals surface area contributed by atoms with E-state index in [4.69, 9.17) is 47.4 Å². The lowest BCUT2D eigenvalue weighted by molar-refractivity contribution is -0.256. The molecule has 0 saturated carbocycles. The highest BCUT2D eigenvalue weighted by Crippen LogP contribution is 2.29. The summed E-state index contributed by atoms with van der Waals surface area (Å²) in [5.74, 6) is -14.6. The Morgan fingerprint density at radius 1 is 0.683 bits per heavy atom. The van der Waals surface area contributed by atoms with Gasteiger partial charge < -0.3 is 72.7 Å². The molecule has 0 unspecified atom stereocenters. The van der Waals surface area contributed by atoms with E-state index in [1.54, 1.807) is 10.9 Å². The van der Waals surface area contributed by atoms with Gasteiger partial charge in [0.15, 0.2) is 6.29 Å². The third-order valence-corrected chi connectivity index (χ3v) is 8.54. The fourth-order valence-corrected chi connectivity index (χ4v) is 5.22. The number of ether oxygens (including phenoxy) is 11. The first-order chi connectivity index (χ1) is 30.5. The average molecular weight is 921 g/mol. The fraction of sp³-hybridized carbons (Fsp3) is 0.737. The predicted octanol–water partition coefficient (Wildman–Crippen LogP) is -0.00340. The summed E-state index contributed by atoms with van der Waals surface area (Å²) < 4.78 is 127. The largest absolute Gasteiger partial charge is 0.420 e. The molecule has 4 N–H and O–H groups in total. The number of benzene rings is 1. The Labute approximate surface area is 360 Å². The third kappa shape index (κ3) is 21.8. The first-order valence-electron chi connectivity index (χ1n) is 20.3. The second-order valence-electron chi connectivity index (χ2n) is 13.3. The van der Waals surface area contributed by atoms with Crippen molar-refractivity contribution in [2.75, 3.05) is 125 Å². The number of nitrogens with one attached hydrogen (secondary N) is 1. The fourth-order valence-electron chi connectivity index (χ4n) is 5.22. The number of amides is 1. The van der Waals surface area contributed by atoms with Gasteiger partial charge in [-0.15, -0.1) is 5.10 Å². The van der Waals surface area contributed by atoms with E-state index in [1.807, 2.05) is 0 Å². The highest BCUT2D eigenvalue weighted by atomic mass is 19.2. The standard InChI is InChI=1S/C38H57F5N4O16/c39-32-33(40)35(42)38(36(43)34(32)41)63-30(51)3-7-54-12-11-53-6-2-29(50)44-4-9-55-13-15-57-17-19-59-21-22-60-20-18-58-16-14-56-10-5-47-24-26(45-46-47)1-8-61-31-23-27(49)37(52)28(25-48)62-31/h24,27-28,31,37,48-49,52H,1-23,25H2,(H,44,50)/t27-,28-,31-,37-/m1/s1. The molecule has 360 valence electrons. The monoisotopic (exact) mass is 920 g/mol. The number of carbonyl (C=O) groups is 2. The van der Waals surface area contributed by atoms with E-state index in [0.29, 0.717) is 91.3 Å². The van der Waals surface area contributed by atoms with Gasteiger partial charge >= 0.3 is 5.97 Å². The molecule has 20 nitrogen and oxygen atoms in total. The minimum atomic E-state index is -2.37. The van der Waals surface area contributed by atoms with Crippen molar-refractivity contribution in [1.29, 1.82) is 0 Å². The molecule has 0 spiro atoms. The number of rotatable bonds is 36. The van der Waals surface area contributed by atoms with Gasteiger partial charge in [-0.2, -0.15) is 8.78 Å². The number of aromatic nitrogens is 3. The smallest absolute Gasteiger partial charge is 0.313 e. The summed E-state index contributed by atoms with van der Waals surface area (Å²) in [5.41, 5.74) is 0.711. The van der Waals surface area contributed by atoms with Gasteiger partial charge in [0, 0.05) is 32.0 Å². The van der Waals surface area contributed by atoms with E-state index in [0.717, 1.165) is 0 Å². The molecule has 25 heteroatoms. The van der Waals surface area contributed by atoms with Crippen molar-refractivity contribution in [2.45, 2.75) is 56.8 Å². The molecule has 1 aliphatic heterocycles. The number of hydrogen-bond acceptors (Lipinski definition) is 18. The highest BCUT2D eigenvalue weighted by molar-refractivity contribution is 5.75. The lowest BCUT2D eigenvalue weighted by Gasteiger charge is -2.35. The zero-order valence-electron chi connectivity index (χ0n) is 34.7. The zero-order valence-corrected chi connectivity index (χ0v) is 34.7. The number of nitrogens with zero attached hydrogens (tertiary/aromatic N) is 3.